The molecule has 9 nitrogen and oxygen atoms in total. The fourth-order valence-electron chi connectivity index (χ4n) is 4.60. The number of nitrogens with one attached hydrogen (secondary N) is 1. The maximum Gasteiger partial charge on any atom is 0.266 e. The van der Waals surface area contributed by atoms with Crippen LogP contribution in [-0.4, -0.2) is 51.5 Å². The number of fused-ring (bicyclic) bond motifs is 1. The van der Waals surface area contributed by atoms with E-state index in [1.807, 2.05) is 12.1 Å². The van der Waals surface area contributed by atoms with Gasteiger partial charge in [0.1, 0.15) is 4.66 Å². The number of H-pyrrole nitrogens is 1. The van der Waals surface area contributed by atoms with E-state index in [1.165, 1.54) is 54.1 Å². The minimum Gasteiger partial charge on any atom is -0.346 e. The fraction of sp³-hybridized carbons (Fsp3) is 0.346. The first-order chi connectivity index (χ1) is 18.2. The zero-order chi connectivity index (χ0) is 25.2. The van der Waals surface area contributed by atoms with E-state index in [0.29, 0.717) is 14.3 Å². The topological polar surface area (TPSA) is 98.9 Å². The van der Waals surface area contributed by atoms with Crippen molar-refractivity contribution in [2.45, 2.75) is 38.3 Å². The average Bonchev–Trinajstić information content (AvgIpc) is 3.27. The van der Waals surface area contributed by atoms with Crippen molar-refractivity contribution >= 4 is 63.1 Å². The molecule has 4 heterocycles. The summed E-state index contributed by atoms with van der Waals surface area (Å²) in [5.74, 6) is 0. The van der Waals surface area contributed by atoms with E-state index in [2.05, 4.69) is 48.0 Å². The molecule has 1 aromatic carbocycles. The smallest absolute Gasteiger partial charge is 0.266 e. The second kappa shape index (κ2) is 10.5. The Labute approximate surface area is 221 Å². The summed E-state index contributed by atoms with van der Waals surface area (Å²) in [6, 6.07) is 8.46. The van der Waals surface area contributed by atoms with E-state index < -0.39 is 0 Å². The fourth-order valence-corrected chi connectivity index (χ4v) is 6.38. The van der Waals surface area contributed by atoms with Crippen LogP contribution < -0.4 is 19.7 Å². The number of nitrogens with zero attached hydrogens (tertiary/aromatic N) is 6. The standard InChI is InChI=1S/C26H27N7O2S2/c34-17-33(20-4-5-20)26-27-15-21(36-26)14-23-25(35)29-24(37-23)16-28-30-19-3-6-22-18(13-19)7-10-32(22)12-11-31-8-1-2-9-31/h3,6-7,10,13-17,20H,1-2,4-5,8-9,11-12H2,(H,29,35)/b23-14-,24-16?,30-28?. The van der Waals surface area contributed by atoms with Crippen molar-refractivity contribution in [3.05, 3.63) is 61.1 Å². The Balaban J connectivity index is 1.15. The minimum absolute atomic E-state index is 0.187. The van der Waals surface area contributed by atoms with Crippen molar-refractivity contribution in [3.8, 4) is 0 Å². The highest BCUT2D eigenvalue weighted by molar-refractivity contribution is 7.16. The van der Waals surface area contributed by atoms with Gasteiger partial charge in [-0.2, -0.15) is 10.2 Å². The highest BCUT2D eigenvalue weighted by atomic mass is 32.1. The number of azo groups is 1. The molecule has 11 heteroatoms. The second-order valence-electron chi connectivity index (χ2n) is 9.36. The molecule has 6 rings (SSSR count). The van der Waals surface area contributed by atoms with Crippen LogP contribution in [0, 0.1) is 0 Å². The predicted molar refractivity (Wildman–Crippen MR) is 148 cm³/mol. The minimum atomic E-state index is -0.187. The van der Waals surface area contributed by atoms with Gasteiger partial charge in [0.2, 0.25) is 6.41 Å². The van der Waals surface area contributed by atoms with Crippen LogP contribution in [0.3, 0.4) is 0 Å². The van der Waals surface area contributed by atoms with Crippen molar-refractivity contribution < 1.29 is 4.79 Å². The Hall–Kier alpha value is -3.41. The molecule has 1 aliphatic heterocycles. The van der Waals surface area contributed by atoms with Gasteiger partial charge in [-0.25, -0.2) is 4.98 Å². The number of aromatic nitrogens is 3. The molecule has 0 spiro atoms. The third kappa shape index (κ3) is 5.48. The van der Waals surface area contributed by atoms with Crippen LogP contribution in [0.25, 0.3) is 23.2 Å². The highest BCUT2D eigenvalue weighted by Gasteiger charge is 2.30. The summed E-state index contributed by atoms with van der Waals surface area (Å²) >= 11 is 2.71. The van der Waals surface area contributed by atoms with Gasteiger partial charge in [0, 0.05) is 42.4 Å². The van der Waals surface area contributed by atoms with Crippen molar-refractivity contribution in [2.75, 3.05) is 24.5 Å². The lowest BCUT2D eigenvalue weighted by molar-refractivity contribution is -0.107. The zero-order valence-electron chi connectivity index (χ0n) is 20.2. The number of benzene rings is 1. The van der Waals surface area contributed by atoms with Crippen LogP contribution in [0.1, 0.15) is 30.6 Å². The van der Waals surface area contributed by atoms with Gasteiger partial charge in [-0.15, -0.1) is 11.3 Å². The number of likely N-dealkylation sites (tertiary alicyclic amines) is 1. The molecule has 4 aromatic rings. The molecule has 1 aliphatic carbocycles. The molecule has 190 valence electrons. The van der Waals surface area contributed by atoms with Crippen molar-refractivity contribution in [2.24, 2.45) is 10.2 Å². The monoisotopic (exact) mass is 533 g/mol. The number of hydrogen-bond acceptors (Lipinski definition) is 8. The summed E-state index contributed by atoms with van der Waals surface area (Å²) in [5.41, 5.74) is 1.77. The van der Waals surface area contributed by atoms with Crippen molar-refractivity contribution in [3.63, 3.8) is 0 Å². The van der Waals surface area contributed by atoms with Crippen molar-refractivity contribution in [1.29, 1.82) is 0 Å². The van der Waals surface area contributed by atoms with Gasteiger partial charge >= 0.3 is 0 Å². The number of carbonyl (C=O) groups excluding carboxylic acids is 1. The Morgan fingerprint density at radius 3 is 2.84 bits per heavy atom. The van der Waals surface area contributed by atoms with Crippen molar-refractivity contribution in [1.82, 2.24) is 19.4 Å². The average molecular weight is 534 g/mol. The molecule has 0 bridgehead atoms. The summed E-state index contributed by atoms with van der Waals surface area (Å²) in [4.78, 5) is 36.0. The number of hydrogen-bond donors (Lipinski definition) is 1. The molecule has 0 unspecified atom stereocenters. The van der Waals surface area contributed by atoms with Crippen LogP contribution in [0.15, 0.2) is 51.7 Å². The molecule has 0 radical (unpaired) electrons. The lowest BCUT2D eigenvalue weighted by Crippen LogP contribution is -2.23. The van der Waals surface area contributed by atoms with Crippen LogP contribution >= 0.6 is 22.7 Å². The summed E-state index contributed by atoms with van der Waals surface area (Å²) < 4.78 is 3.47. The molecule has 3 aromatic heterocycles. The van der Waals surface area contributed by atoms with Crippen LogP contribution in [0.2, 0.25) is 0 Å². The molecule has 2 aliphatic rings. The number of rotatable bonds is 9. The van der Waals surface area contributed by atoms with Crippen LogP contribution in [-0.2, 0) is 11.3 Å². The van der Waals surface area contributed by atoms with E-state index in [-0.39, 0.29) is 11.6 Å². The third-order valence-electron chi connectivity index (χ3n) is 6.70. The van der Waals surface area contributed by atoms with Gasteiger partial charge in [-0.1, -0.05) is 11.3 Å². The normalized spacial score (nSPS) is 17.5. The summed E-state index contributed by atoms with van der Waals surface area (Å²) in [5, 5.41) is 10.3. The maximum atomic E-state index is 12.4. The molecule has 1 saturated heterocycles. The first-order valence-corrected chi connectivity index (χ1v) is 14.1. The van der Waals surface area contributed by atoms with E-state index in [0.717, 1.165) is 48.3 Å². The van der Waals surface area contributed by atoms with Crippen LogP contribution in [0.5, 0.6) is 0 Å². The largest absolute Gasteiger partial charge is 0.346 e. The molecule has 1 amide bonds. The molecule has 37 heavy (non-hydrogen) atoms. The Morgan fingerprint density at radius 1 is 1.16 bits per heavy atom. The SMILES string of the molecule is O=CN(c1ncc(/C=c2\sc(=CN=Nc3ccc4c(ccn4CCN4CCCC4)c3)[nH]c2=O)s1)C1CC1. The molecular formula is C26H27N7O2S2. The number of anilines is 1. The van der Waals surface area contributed by atoms with Gasteiger partial charge in [-0.05, 0) is 69.1 Å². The summed E-state index contributed by atoms with van der Waals surface area (Å²) in [6.07, 6.45) is 12.7. The van der Waals surface area contributed by atoms with Gasteiger partial charge in [0.25, 0.3) is 5.56 Å². The van der Waals surface area contributed by atoms with Gasteiger partial charge in [0.15, 0.2) is 5.13 Å². The molecule has 1 saturated carbocycles. The third-order valence-corrected chi connectivity index (χ3v) is 8.61. The summed E-state index contributed by atoms with van der Waals surface area (Å²) in [7, 11) is 0. The van der Waals surface area contributed by atoms with E-state index in [4.69, 9.17) is 0 Å². The summed E-state index contributed by atoms with van der Waals surface area (Å²) in [6.45, 7) is 4.49. The highest BCUT2D eigenvalue weighted by Crippen LogP contribution is 2.33. The van der Waals surface area contributed by atoms with E-state index in [1.54, 1.807) is 23.4 Å². The molecule has 1 N–H and O–H groups in total. The number of amides is 1. The second-order valence-corrected chi connectivity index (χ2v) is 11.5. The Bertz CT molecular complexity index is 1620. The molecular weight excluding hydrogens is 506 g/mol. The number of carbonyl (C=O) groups is 1. The lowest BCUT2D eigenvalue weighted by atomic mass is 10.2. The van der Waals surface area contributed by atoms with Gasteiger partial charge < -0.3 is 14.5 Å². The first-order valence-electron chi connectivity index (χ1n) is 12.5. The Morgan fingerprint density at radius 2 is 2.03 bits per heavy atom. The number of aromatic amines is 1. The maximum absolute atomic E-state index is 12.4. The number of thiazole rings is 2. The van der Waals surface area contributed by atoms with Crippen LogP contribution in [0.4, 0.5) is 10.8 Å². The lowest BCUT2D eigenvalue weighted by Gasteiger charge is -2.15. The zero-order valence-corrected chi connectivity index (χ0v) is 21.9. The quantitative estimate of drug-likeness (QED) is 0.263. The molecule has 0 atom stereocenters. The predicted octanol–water partition coefficient (Wildman–Crippen LogP) is 3.42. The van der Waals surface area contributed by atoms with E-state index >= 15 is 0 Å². The Kier molecular flexibility index (Phi) is 6.81. The van der Waals surface area contributed by atoms with Gasteiger partial charge in [0.05, 0.1) is 21.3 Å². The first kappa shape index (κ1) is 24.0. The van der Waals surface area contributed by atoms with Gasteiger partial charge in [-0.3, -0.25) is 14.5 Å². The molecule has 2 fully saturated rings. The van der Waals surface area contributed by atoms with E-state index in [9.17, 15) is 9.59 Å².